The summed E-state index contributed by atoms with van der Waals surface area (Å²) in [4.78, 5) is 18.5. The van der Waals surface area contributed by atoms with E-state index in [1.807, 2.05) is 0 Å². The van der Waals surface area contributed by atoms with Gasteiger partial charge in [0.1, 0.15) is 0 Å². The van der Waals surface area contributed by atoms with Gasteiger partial charge in [-0.3, -0.25) is 4.57 Å². The molecule has 0 amide bonds. The summed E-state index contributed by atoms with van der Waals surface area (Å²) in [6, 6.07) is 1.56. The second-order valence-electron chi connectivity index (χ2n) is 8.98. The summed E-state index contributed by atoms with van der Waals surface area (Å²) in [5, 5.41) is 0. The molecule has 8 heteroatoms. The first-order valence-electron chi connectivity index (χ1n) is 10.4. The minimum Gasteiger partial charge on any atom is -0.328 e. The van der Waals surface area contributed by atoms with E-state index in [1.54, 1.807) is 0 Å². The molecule has 0 spiro atoms. The van der Waals surface area contributed by atoms with Crippen molar-refractivity contribution in [1.82, 2.24) is 9.34 Å². The molecule has 0 aromatic heterocycles. The Morgan fingerprint density at radius 1 is 0.852 bits per heavy atom. The average Bonchev–Trinajstić information content (AvgIpc) is 2.46. The number of hydrogen-bond acceptors (Lipinski definition) is 4. The van der Waals surface area contributed by atoms with Crippen LogP contribution in [0.15, 0.2) is 0 Å². The largest absolute Gasteiger partial charge is 0.328 e. The van der Waals surface area contributed by atoms with Crippen molar-refractivity contribution in [3.8, 4) is 0 Å². The highest BCUT2D eigenvalue weighted by Crippen LogP contribution is 2.53. The van der Waals surface area contributed by atoms with E-state index in [4.69, 9.17) is 4.52 Å². The average molecular weight is 425 g/mol. The molecule has 0 aliphatic heterocycles. The Morgan fingerprint density at radius 2 is 1.22 bits per heavy atom. The van der Waals surface area contributed by atoms with Gasteiger partial charge in [-0.05, 0) is 87.0 Å². The Labute approximate surface area is 168 Å². The molecule has 0 radical (unpaired) electrons. The maximum Gasteiger partial charge on any atom is 0.325 e. The summed E-state index contributed by atoms with van der Waals surface area (Å²) < 4.78 is 23.0. The lowest BCUT2D eigenvalue weighted by Gasteiger charge is -2.47. The molecule has 1 saturated carbocycles. The fourth-order valence-corrected chi connectivity index (χ4v) is 7.65. The zero-order valence-electron chi connectivity index (χ0n) is 18.5. The molecule has 0 aromatic carbocycles. The van der Waals surface area contributed by atoms with Crippen LogP contribution in [-0.4, -0.2) is 55.6 Å². The first kappa shape index (κ1) is 25.5. The van der Waals surface area contributed by atoms with Crippen LogP contribution in [0.3, 0.4) is 0 Å². The summed E-state index contributed by atoms with van der Waals surface area (Å²) in [5.74, 6) is 0.120. The summed E-state index contributed by atoms with van der Waals surface area (Å²) in [7, 11) is -4.81. The molecule has 6 nitrogen and oxygen atoms in total. The van der Waals surface area contributed by atoms with E-state index in [0.29, 0.717) is 24.2 Å². The third-order valence-corrected chi connectivity index (χ3v) is 9.16. The van der Waals surface area contributed by atoms with Crippen molar-refractivity contribution < 1.29 is 18.9 Å². The van der Waals surface area contributed by atoms with Gasteiger partial charge in [0, 0.05) is 24.2 Å². The molecule has 0 atom stereocenters. The smallest absolute Gasteiger partial charge is 0.325 e. The van der Waals surface area contributed by atoms with Crippen LogP contribution in [0.2, 0.25) is 0 Å². The molecular formula is C19H42N2O4P2. The van der Waals surface area contributed by atoms with Crippen LogP contribution in [0.1, 0.15) is 81.1 Å². The van der Waals surface area contributed by atoms with Crippen LogP contribution >= 0.6 is 16.0 Å². The molecular weight excluding hydrogens is 382 g/mol. The topological polar surface area (TPSA) is 73.2 Å². The van der Waals surface area contributed by atoms with E-state index < -0.39 is 16.0 Å². The Hall–Kier alpha value is 0.460. The number of hydrogen-bond donors (Lipinski definition) is 2. The summed E-state index contributed by atoms with van der Waals surface area (Å²) in [6.07, 6.45) is 3.64. The van der Waals surface area contributed by atoms with E-state index in [1.165, 1.54) is 0 Å². The van der Waals surface area contributed by atoms with Gasteiger partial charge in [-0.2, -0.15) is 0 Å². The summed E-state index contributed by atoms with van der Waals surface area (Å²) >= 11 is 0. The molecule has 27 heavy (non-hydrogen) atoms. The lowest BCUT2D eigenvalue weighted by Crippen LogP contribution is -2.44. The standard InChI is InChI=1S/C19H42N2O4P2/c1-14(2)20(15(3)4)26(21(16(5)6)17(7)8)25-19-11-9-18(10-12-19)13-27(22,23)24/h14-19H,9-13H2,1-8H3,(H2,22,23,24). The van der Waals surface area contributed by atoms with Crippen molar-refractivity contribution in [3.05, 3.63) is 0 Å². The highest BCUT2D eigenvalue weighted by molar-refractivity contribution is 7.51. The van der Waals surface area contributed by atoms with E-state index >= 15 is 0 Å². The van der Waals surface area contributed by atoms with Crippen molar-refractivity contribution in [2.75, 3.05) is 6.16 Å². The molecule has 0 aromatic rings. The van der Waals surface area contributed by atoms with Crippen LogP contribution in [0.5, 0.6) is 0 Å². The Bertz CT molecular complexity index is 438. The molecule has 0 bridgehead atoms. The van der Waals surface area contributed by atoms with Crippen molar-refractivity contribution in [2.24, 2.45) is 5.92 Å². The quantitative estimate of drug-likeness (QED) is 0.470. The van der Waals surface area contributed by atoms with E-state index in [2.05, 4.69) is 64.7 Å². The third-order valence-electron chi connectivity index (χ3n) is 5.04. The van der Waals surface area contributed by atoms with Crippen LogP contribution in [0, 0.1) is 5.92 Å². The minimum atomic E-state index is -3.92. The number of rotatable bonds is 10. The highest BCUT2D eigenvalue weighted by Gasteiger charge is 2.37. The predicted octanol–water partition coefficient (Wildman–Crippen LogP) is 5.20. The van der Waals surface area contributed by atoms with Gasteiger partial charge in [-0.1, -0.05) is 0 Å². The normalized spacial score (nSPS) is 22.4. The van der Waals surface area contributed by atoms with Crippen LogP contribution in [-0.2, 0) is 9.09 Å². The highest BCUT2D eigenvalue weighted by atomic mass is 31.2. The second-order valence-corrected chi connectivity index (χ2v) is 12.3. The minimum absolute atomic E-state index is 0.0166. The lowest BCUT2D eigenvalue weighted by atomic mass is 9.89. The van der Waals surface area contributed by atoms with Gasteiger partial charge in [0.25, 0.3) is 0 Å². The van der Waals surface area contributed by atoms with Gasteiger partial charge < -0.3 is 14.3 Å². The van der Waals surface area contributed by atoms with Gasteiger partial charge in [-0.25, -0.2) is 9.34 Å². The maximum absolute atomic E-state index is 11.3. The molecule has 0 saturated heterocycles. The Balaban J connectivity index is 2.90. The van der Waals surface area contributed by atoms with Gasteiger partial charge >= 0.3 is 7.60 Å². The molecule has 162 valence electrons. The van der Waals surface area contributed by atoms with Crippen molar-refractivity contribution >= 4 is 16.0 Å². The van der Waals surface area contributed by atoms with Gasteiger partial charge in [-0.15, -0.1) is 0 Å². The fraction of sp³-hybridized carbons (Fsp3) is 1.00. The Kier molecular flexibility index (Phi) is 10.4. The summed E-state index contributed by atoms with van der Waals surface area (Å²) in [6.45, 7) is 17.8. The van der Waals surface area contributed by atoms with Crippen molar-refractivity contribution in [1.29, 1.82) is 0 Å². The van der Waals surface area contributed by atoms with E-state index in [0.717, 1.165) is 25.7 Å². The zero-order valence-corrected chi connectivity index (χ0v) is 20.3. The molecule has 1 aliphatic rings. The van der Waals surface area contributed by atoms with Gasteiger partial charge in [0.05, 0.1) is 12.3 Å². The van der Waals surface area contributed by atoms with Gasteiger partial charge in [0.15, 0.2) is 8.45 Å². The molecule has 1 aliphatic carbocycles. The Morgan fingerprint density at radius 3 is 1.52 bits per heavy atom. The van der Waals surface area contributed by atoms with Gasteiger partial charge in [0.2, 0.25) is 0 Å². The predicted molar refractivity (Wildman–Crippen MR) is 115 cm³/mol. The van der Waals surface area contributed by atoms with Crippen LogP contribution in [0.4, 0.5) is 0 Å². The first-order valence-corrected chi connectivity index (χ1v) is 13.4. The van der Waals surface area contributed by atoms with Crippen LogP contribution in [0.25, 0.3) is 0 Å². The molecule has 1 fully saturated rings. The molecule has 1 rings (SSSR count). The van der Waals surface area contributed by atoms with E-state index in [9.17, 15) is 14.4 Å². The van der Waals surface area contributed by atoms with E-state index in [-0.39, 0.29) is 18.2 Å². The lowest BCUT2D eigenvalue weighted by molar-refractivity contribution is 0.105. The first-order chi connectivity index (χ1) is 12.3. The monoisotopic (exact) mass is 424 g/mol. The molecule has 2 N–H and O–H groups in total. The van der Waals surface area contributed by atoms with Crippen molar-refractivity contribution in [3.63, 3.8) is 0 Å². The number of nitrogens with zero attached hydrogens (tertiary/aromatic N) is 2. The molecule has 0 unspecified atom stereocenters. The van der Waals surface area contributed by atoms with Crippen molar-refractivity contribution in [2.45, 2.75) is 111 Å². The second kappa shape index (κ2) is 11.0. The third kappa shape index (κ3) is 8.38. The fourth-order valence-electron chi connectivity index (χ4n) is 4.10. The summed E-state index contributed by atoms with van der Waals surface area (Å²) in [5.41, 5.74) is 0. The maximum atomic E-state index is 11.3. The SMILES string of the molecule is CC(C)N(C(C)C)P(OC1CCC(CP(=O)(O)O)CC1)N(C(C)C)C(C)C. The molecule has 0 heterocycles. The van der Waals surface area contributed by atoms with Crippen LogP contribution < -0.4 is 0 Å². The zero-order chi connectivity index (χ0) is 20.9.